The van der Waals surface area contributed by atoms with Gasteiger partial charge >= 0.3 is 0 Å². The molecule has 3 rings (SSSR count). The van der Waals surface area contributed by atoms with Crippen molar-refractivity contribution in [1.82, 2.24) is 10.3 Å². The summed E-state index contributed by atoms with van der Waals surface area (Å²) in [6, 6.07) is 19.7. The maximum absolute atomic E-state index is 12.6. The molecule has 5 nitrogen and oxygen atoms in total. The van der Waals surface area contributed by atoms with Crippen molar-refractivity contribution < 1.29 is 9.59 Å². The number of carbonyl (C=O) groups is 2. The molecule has 1 aromatic heterocycles. The molecule has 0 saturated carbocycles. The number of carbonyl (C=O) groups excluding carboxylic acids is 2. The summed E-state index contributed by atoms with van der Waals surface area (Å²) in [6.45, 7) is 4.03. The first-order valence-electron chi connectivity index (χ1n) is 9.56. The van der Waals surface area contributed by atoms with Gasteiger partial charge < -0.3 is 10.6 Å². The Hall–Kier alpha value is -2.90. The molecule has 0 unspecified atom stereocenters. The summed E-state index contributed by atoms with van der Waals surface area (Å²) >= 11 is 2.75. The van der Waals surface area contributed by atoms with E-state index in [1.807, 2.05) is 60.7 Å². The van der Waals surface area contributed by atoms with Gasteiger partial charge in [-0.25, -0.2) is 4.98 Å². The summed E-state index contributed by atoms with van der Waals surface area (Å²) in [6.07, 6.45) is 2.71. The number of nitrogens with zero attached hydrogens (tertiary/aromatic N) is 1. The van der Waals surface area contributed by atoms with Gasteiger partial charge in [-0.15, -0.1) is 6.58 Å². The molecule has 2 aromatic carbocycles. The molecule has 1 heterocycles. The molecule has 0 aliphatic heterocycles. The number of aromatic nitrogens is 1. The van der Waals surface area contributed by atoms with Gasteiger partial charge in [0, 0.05) is 18.5 Å². The molecule has 0 aliphatic rings. The number of hydrogen-bond acceptors (Lipinski definition) is 5. The predicted octanol–water partition coefficient (Wildman–Crippen LogP) is 4.78. The molecule has 0 spiro atoms. The normalized spacial score (nSPS) is 10.4. The van der Waals surface area contributed by atoms with E-state index >= 15 is 0 Å². The molecule has 0 atom stereocenters. The number of benzene rings is 2. The van der Waals surface area contributed by atoms with Crippen LogP contribution in [0.3, 0.4) is 0 Å². The Kier molecular flexibility index (Phi) is 8.23. The zero-order valence-electron chi connectivity index (χ0n) is 16.5. The molecule has 0 saturated heterocycles. The summed E-state index contributed by atoms with van der Waals surface area (Å²) in [7, 11) is 0. The highest BCUT2D eigenvalue weighted by Crippen LogP contribution is 2.37. The summed E-state index contributed by atoms with van der Waals surface area (Å²) in [4.78, 5) is 29.1. The number of anilines is 1. The highest BCUT2D eigenvalue weighted by atomic mass is 32.2. The first-order valence-corrected chi connectivity index (χ1v) is 11.4. The molecule has 7 heteroatoms. The van der Waals surface area contributed by atoms with E-state index in [0.717, 1.165) is 21.2 Å². The second-order valence-corrected chi connectivity index (χ2v) is 8.66. The fourth-order valence-corrected chi connectivity index (χ4v) is 4.61. The largest absolute Gasteiger partial charge is 0.352 e. The molecular formula is C23H23N3O2S2. The maximum atomic E-state index is 12.6. The van der Waals surface area contributed by atoms with Crippen molar-refractivity contribution in [3.05, 3.63) is 78.9 Å². The van der Waals surface area contributed by atoms with Gasteiger partial charge in [-0.3, -0.25) is 9.59 Å². The van der Waals surface area contributed by atoms with E-state index in [1.54, 1.807) is 6.08 Å². The highest BCUT2D eigenvalue weighted by molar-refractivity contribution is 8.01. The van der Waals surface area contributed by atoms with Crippen LogP contribution in [0.25, 0.3) is 11.3 Å². The van der Waals surface area contributed by atoms with Crippen molar-refractivity contribution in [1.29, 1.82) is 0 Å². The van der Waals surface area contributed by atoms with E-state index < -0.39 is 0 Å². The Morgan fingerprint density at radius 3 is 2.43 bits per heavy atom. The van der Waals surface area contributed by atoms with Gasteiger partial charge in [-0.05, 0) is 12.0 Å². The van der Waals surface area contributed by atoms with E-state index in [9.17, 15) is 9.59 Å². The van der Waals surface area contributed by atoms with Crippen molar-refractivity contribution in [2.75, 3.05) is 17.6 Å². The minimum Gasteiger partial charge on any atom is -0.352 e. The lowest BCUT2D eigenvalue weighted by atomic mass is 10.1. The van der Waals surface area contributed by atoms with Crippen LogP contribution in [0.1, 0.15) is 12.0 Å². The molecule has 0 radical (unpaired) electrons. The van der Waals surface area contributed by atoms with Crippen LogP contribution in [0.15, 0.2) is 77.7 Å². The Morgan fingerprint density at radius 2 is 1.73 bits per heavy atom. The smallest absolute Gasteiger partial charge is 0.230 e. The highest BCUT2D eigenvalue weighted by Gasteiger charge is 2.16. The number of nitrogens with one attached hydrogen (secondary N) is 2. The van der Waals surface area contributed by atoms with Crippen molar-refractivity contribution in [3.8, 4) is 11.3 Å². The predicted molar refractivity (Wildman–Crippen MR) is 125 cm³/mol. The van der Waals surface area contributed by atoms with E-state index in [0.29, 0.717) is 24.4 Å². The Morgan fingerprint density at radius 1 is 1.03 bits per heavy atom. The maximum Gasteiger partial charge on any atom is 0.230 e. The van der Waals surface area contributed by atoms with Crippen LogP contribution in [-0.4, -0.2) is 29.1 Å². The van der Waals surface area contributed by atoms with E-state index in [4.69, 9.17) is 0 Å². The van der Waals surface area contributed by atoms with E-state index in [1.165, 1.54) is 23.1 Å². The average Bonchev–Trinajstić information content (AvgIpc) is 3.18. The minimum atomic E-state index is -0.0789. The van der Waals surface area contributed by atoms with Crippen LogP contribution in [0.5, 0.6) is 0 Å². The lowest BCUT2D eigenvalue weighted by molar-refractivity contribution is -0.118. The summed E-state index contributed by atoms with van der Waals surface area (Å²) in [5, 5.41) is 6.46. The summed E-state index contributed by atoms with van der Waals surface area (Å²) in [5.74, 6) is 0.126. The van der Waals surface area contributed by atoms with Crippen molar-refractivity contribution in [3.63, 3.8) is 0 Å². The first kappa shape index (κ1) is 21.8. The van der Waals surface area contributed by atoms with Crippen LogP contribution >= 0.6 is 23.1 Å². The lowest BCUT2D eigenvalue weighted by Gasteiger charge is -2.05. The van der Waals surface area contributed by atoms with Crippen LogP contribution in [0.4, 0.5) is 5.00 Å². The fourth-order valence-electron chi connectivity index (χ4n) is 2.69. The molecule has 0 fully saturated rings. The van der Waals surface area contributed by atoms with Crippen LogP contribution in [0.2, 0.25) is 0 Å². The van der Waals surface area contributed by atoms with Crippen molar-refractivity contribution in [2.45, 2.75) is 17.2 Å². The zero-order valence-corrected chi connectivity index (χ0v) is 18.1. The van der Waals surface area contributed by atoms with Gasteiger partial charge in [0.25, 0.3) is 0 Å². The van der Waals surface area contributed by atoms with E-state index in [-0.39, 0.29) is 17.6 Å². The van der Waals surface area contributed by atoms with Gasteiger partial charge in [-0.1, -0.05) is 89.8 Å². The molecule has 154 valence electrons. The minimum absolute atomic E-state index is 0.0556. The Labute approximate surface area is 184 Å². The number of thioether (sulfide) groups is 1. The number of amides is 2. The lowest BCUT2D eigenvalue weighted by Crippen LogP contribution is -2.24. The van der Waals surface area contributed by atoms with Gasteiger partial charge in [0.2, 0.25) is 11.8 Å². The van der Waals surface area contributed by atoms with Crippen molar-refractivity contribution >= 4 is 39.9 Å². The zero-order chi connectivity index (χ0) is 21.2. The number of thiazole rings is 1. The average molecular weight is 438 g/mol. The summed E-state index contributed by atoms with van der Waals surface area (Å²) < 4.78 is 0.737. The van der Waals surface area contributed by atoms with Gasteiger partial charge in [0.1, 0.15) is 10.7 Å². The Balaban J connectivity index is 1.69. The third-order valence-corrected chi connectivity index (χ3v) is 6.28. The quantitative estimate of drug-likeness (QED) is 0.354. The molecule has 30 heavy (non-hydrogen) atoms. The second kappa shape index (κ2) is 11.3. The van der Waals surface area contributed by atoms with Gasteiger partial charge in [0.05, 0.1) is 5.75 Å². The Bertz CT molecular complexity index is 988. The topological polar surface area (TPSA) is 71.1 Å². The molecular weight excluding hydrogens is 414 g/mol. The third-order valence-electron chi connectivity index (χ3n) is 4.16. The number of aryl methyl sites for hydroxylation is 1. The van der Waals surface area contributed by atoms with Crippen LogP contribution in [0, 0.1) is 0 Å². The molecule has 0 aliphatic carbocycles. The fraction of sp³-hybridized carbons (Fsp3) is 0.174. The number of hydrogen-bond donors (Lipinski definition) is 2. The molecule has 3 aromatic rings. The van der Waals surface area contributed by atoms with Crippen molar-refractivity contribution in [2.24, 2.45) is 0 Å². The number of rotatable bonds is 10. The standard InChI is InChI=1S/C23H23N3O2S2/c1-2-15-24-20(28)16-29-23-26-21(18-11-7-4-8-12-18)22(30-23)25-19(27)14-13-17-9-5-3-6-10-17/h2-12H,1,13-16H2,(H,24,28)(H,25,27). The molecule has 2 amide bonds. The molecule has 2 N–H and O–H groups in total. The third kappa shape index (κ3) is 6.57. The summed E-state index contributed by atoms with van der Waals surface area (Å²) in [5.41, 5.74) is 2.78. The van der Waals surface area contributed by atoms with Crippen LogP contribution < -0.4 is 10.6 Å². The molecule has 0 bridgehead atoms. The second-order valence-electron chi connectivity index (χ2n) is 6.44. The van der Waals surface area contributed by atoms with E-state index in [2.05, 4.69) is 22.2 Å². The van der Waals surface area contributed by atoms with Gasteiger partial charge in [0.15, 0.2) is 4.34 Å². The van der Waals surface area contributed by atoms with Gasteiger partial charge in [-0.2, -0.15) is 0 Å². The van der Waals surface area contributed by atoms with Crippen LogP contribution in [-0.2, 0) is 16.0 Å². The monoisotopic (exact) mass is 437 g/mol. The first-order chi connectivity index (χ1) is 14.7. The SMILES string of the molecule is C=CCNC(=O)CSc1nc(-c2ccccc2)c(NC(=O)CCc2ccccc2)s1.